The van der Waals surface area contributed by atoms with Gasteiger partial charge in [0.1, 0.15) is 0 Å². The summed E-state index contributed by atoms with van der Waals surface area (Å²) in [6, 6.07) is 4.10. The summed E-state index contributed by atoms with van der Waals surface area (Å²) in [5.41, 5.74) is 7.75. The molecule has 1 atom stereocenters. The molecule has 0 fully saturated rings. The molecule has 2 N–H and O–H groups in total. The van der Waals surface area contributed by atoms with Crippen molar-refractivity contribution in [3.05, 3.63) is 29.7 Å². The number of nitrogens with two attached hydrogens (primary N) is 1. The van der Waals surface area contributed by atoms with Gasteiger partial charge in [0, 0.05) is 18.7 Å². The summed E-state index contributed by atoms with van der Waals surface area (Å²) in [7, 11) is 0. The molecule has 2 aromatic heterocycles. The van der Waals surface area contributed by atoms with E-state index in [9.17, 15) is 0 Å². The van der Waals surface area contributed by atoms with Crippen molar-refractivity contribution >= 4 is 5.65 Å². The van der Waals surface area contributed by atoms with Gasteiger partial charge in [-0.2, -0.15) is 5.10 Å². The molecule has 74 valence electrons. The van der Waals surface area contributed by atoms with Gasteiger partial charge in [0.05, 0.1) is 0 Å². The summed E-state index contributed by atoms with van der Waals surface area (Å²) >= 11 is 0. The van der Waals surface area contributed by atoms with Crippen LogP contribution in [-0.2, 0) is 6.42 Å². The van der Waals surface area contributed by atoms with Gasteiger partial charge in [-0.15, -0.1) is 0 Å². The molecule has 4 nitrogen and oxygen atoms in total. The molecule has 0 saturated heterocycles. The molecule has 2 aromatic rings. The molecule has 0 bridgehead atoms. The van der Waals surface area contributed by atoms with Gasteiger partial charge in [0.15, 0.2) is 11.5 Å². The number of fused-ring (bicyclic) bond motifs is 1. The second-order valence-corrected chi connectivity index (χ2v) is 3.67. The third-order valence-electron chi connectivity index (χ3n) is 2.11. The van der Waals surface area contributed by atoms with E-state index in [2.05, 4.69) is 10.1 Å². The second kappa shape index (κ2) is 3.38. The molecular weight excluding hydrogens is 176 g/mol. The van der Waals surface area contributed by atoms with Gasteiger partial charge in [0.2, 0.25) is 0 Å². The van der Waals surface area contributed by atoms with Gasteiger partial charge in [-0.25, -0.2) is 9.50 Å². The summed E-state index contributed by atoms with van der Waals surface area (Å²) in [6.07, 6.45) is 2.63. The van der Waals surface area contributed by atoms with E-state index in [4.69, 9.17) is 5.73 Å². The summed E-state index contributed by atoms with van der Waals surface area (Å²) in [6.45, 7) is 3.98. The minimum absolute atomic E-state index is 0.104. The highest BCUT2D eigenvalue weighted by Gasteiger charge is 2.06. The lowest BCUT2D eigenvalue weighted by atomic mass is 10.2. The van der Waals surface area contributed by atoms with Crippen LogP contribution >= 0.6 is 0 Å². The van der Waals surface area contributed by atoms with E-state index < -0.39 is 0 Å². The maximum atomic E-state index is 5.70. The number of nitrogens with zero attached hydrogens (tertiary/aromatic N) is 3. The quantitative estimate of drug-likeness (QED) is 0.766. The van der Waals surface area contributed by atoms with Crippen molar-refractivity contribution in [2.45, 2.75) is 26.3 Å². The van der Waals surface area contributed by atoms with Gasteiger partial charge in [-0.1, -0.05) is 6.07 Å². The second-order valence-electron chi connectivity index (χ2n) is 3.67. The molecule has 0 saturated carbocycles. The summed E-state index contributed by atoms with van der Waals surface area (Å²) in [5.74, 6) is 0.814. The van der Waals surface area contributed by atoms with Crippen LogP contribution in [0.25, 0.3) is 5.65 Å². The molecule has 0 aliphatic heterocycles. The van der Waals surface area contributed by atoms with E-state index in [1.807, 2.05) is 32.2 Å². The Bertz CT molecular complexity index is 444. The highest BCUT2D eigenvalue weighted by atomic mass is 15.3. The normalized spacial score (nSPS) is 13.4. The van der Waals surface area contributed by atoms with Crippen LogP contribution in [0.3, 0.4) is 0 Å². The van der Waals surface area contributed by atoms with E-state index in [1.165, 1.54) is 0 Å². The molecular formula is C10H14N4. The standard InChI is InChI=1S/C10H14N4/c1-7-4-3-5-14-10(7)12-9(13-14)6-8(2)11/h3-5,8H,6,11H2,1-2H3. The molecule has 0 radical (unpaired) electrons. The predicted octanol–water partition coefficient (Wildman–Crippen LogP) is 0.927. The van der Waals surface area contributed by atoms with Crippen LogP contribution in [0.15, 0.2) is 18.3 Å². The summed E-state index contributed by atoms with van der Waals surface area (Å²) in [4.78, 5) is 4.42. The van der Waals surface area contributed by atoms with Crippen molar-refractivity contribution in [3.8, 4) is 0 Å². The number of pyridine rings is 1. The lowest BCUT2D eigenvalue weighted by Gasteiger charge is -1.97. The highest BCUT2D eigenvalue weighted by Crippen LogP contribution is 2.07. The van der Waals surface area contributed by atoms with Crippen molar-refractivity contribution in [2.75, 3.05) is 0 Å². The van der Waals surface area contributed by atoms with Crippen molar-refractivity contribution < 1.29 is 0 Å². The van der Waals surface area contributed by atoms with E-state index in [-0.39, 0.29) is 6.04 Å². The fourth-order valence-corrected chi connectivity index (χ4v) is 1.46. The highest BCUT2D eigenvalue weighted by molar-refractivity contribution is 5.45. The summed E-state index contributed by atoms with van der Waals surface area (Å²) in [5, 5.41) is 4.34. The molecule has 0 amide bonds. The largest absolute Gasteiger partial charge is 0.328 e. The fourth-order valence-electron chi connectivity index (χ4n) is 1.46. The first kappa shape index (κ1) is 9.15. The van der Waals surface area contributed by atoms with Gasteiger partial charge in [0.25, 0.3) is 0 Å². The molecule has 0 aliphatic carbocycles. The fraction of sp³-hybridized carbons (Fsp3) is 0.400. The average Bonchev–Trinajstić information content (AvgIpc) is 2.47. The maximum Gasteiger partial charge on any atom is 0.158 e. The maximum absolute atomic E-state index is 5.70. The van der Waals surface area contributed by atoms with Gasteiger partial charge >= 0.3 is 0 Å². The van der Waals surface area contributed by atoms with Crippen LogP contribution in [0.4, 0.5) is 0 Å². The SMILES string of the molecule is Cc1cccn2nc(CC(C)N)nc12. The van der Waals surface area contributed by atoms with Gasteiger partial charge in [-0.05, 0) is 25.5 Å². The minimum Gasteiger partial charge on any atom is -0.328 e. The third kappa shape index (κ3) is 1.61. The van der Waals surface area contributed by atoms with Crippen molar-refractivity contribution in [2.24, 2.45) is 5.73 Å². The van der Waals surface area contributed by atoms with E-state index in [0.29, 0.717) is 0 Å². The predicted molar refractivity (Wildman–Crippen MR) is 55.1 cm³/mol. The average molecular weight is 190 g/mol. The first-order valence-corrected chi connectivity index (χ1v) is 4.73. The van der Waals surface area contributed by atoms with Crippen LogP contribution in [0.1, 0.15) is 18.3 Å². The molecule has 2 heterocycles. The van der Waals surface area contributed by atoms with Crippen LogP contribution in [0.2, 0.25) is 0 Å². The van der Waals surface area contributed by atoms with Gasteiger partial charge in [-0.3, -0.25) is 0 Å². The Kier molecular flexibility index (Phi) is 2.21. The zero-order valence-corrected chi connectivity index (χ0v) is 8.44. The Morgan fingerprint density at radius 1 is 1.57 bits per heavy atom. The molecule has 0 aliphatic rings. The van der Waals surface area contributed by atoms with Crippen molar-refractivity contribution in [1.29, 1.82) is 0 Å². The van der Waals surface area contributed by atoms with E-state index in [0.717, 1.165) is 23.5 Å². The number of rotatable bonds is 2. The first-order valence-electron chi connectivity index (χ1n) is 4.73. The monoisotopic (exact) mass is 190 g/mol. The Labute approximate surface area is 82.8 Å². The number of aryl methyl sites for hydroxylation is 1. The topological polar surface area (TPSA) is 56.2 Å². The van der Waals surface area contributed by atoms with Crippen LogP contribution in [-0.4, -0.2) is 20.6 Å². The zero-order chi connectivity index (χ0) is 10.1. The lowest BCUT2D eigenvalue weighted by molar-refractivity contribution is 0.700. The Hall–Kier alpha value is -1.42. The zero-order valence-electron chi connectivity index (χ0n) is 8.44. The Morgan fingerprint density at radius 3 is 3.00 bits per heavy atom. The van der Waals surface area contributed by atoms with Crippen LogP contribution in [0, 0.1) is 6.92 Å². The molecule has 4 heteroatoms. The number of aromatic nitrogens is 3. The molecule has 2 rings (SSSR count). The summed E-state index contributed by atoms with van der Waals surface area (Å²) < 4.78 is 1.80. The molecule has 0 aromatic carbocycles. The van der Waals surface area contributed by atoms with Crippen LogP contribution < -0.4 is 5.73 Å². The van der Waals surface area contributed by atoms with E-state index in [1.54, 1.807) is 4.52 Å². The third-order valence-corrected chi connectivity index (χ3v) is 2.11. The Morgan fingerprint density at radius 2 is 2.36 bits per heavy atom. The lowest BCUT2D eigenvalue weighted by Crippen LogP contribution is -2.18. The van der Waals surface area contributed by atoms with Gasteiger partial charge < -0.3 is 5.73 Å². The first-order chi connectivity index (χ1) is 6.66. The molecule has 14 heavy (non-hydrogen) atoms. The van der Waals surface area contributed by atoms with Crippen molar-refractivity contribution in [3.63, 3.8) is 0 Å². The van der Waals surface area contributed by atoms with Crippen LogP contribution in [0.5, 0.6) is 0 Å². The minimum atomic E-state index is 0.104. The van der Waals surface area contributed by atoms with E-state index >= 15 is 0 Å². The molecule has 0 spiro atoms. The van der Waals surface area contributed by atoms with Crippen molar-refractivity contribution in [1.82, 2.24) is 14.6 Å². The Balaban J connectivity index is 2.46. The molecule has 1 unspecified atom stereocenters. The number of hydrogen-bond donors (Lipinski definition) is 1. The smallest absolute Gasteiger partial charge is 0.158 e. The number of hydrogen-bond acceptors (Lipinski definition) is 3.